The van der Waals surface area contributed by atoms with Gasteiger partial charge in [-0.2, -0.15) is 0 Å². The lowest BCUT2D eigenvalue weighted by atomic mass is 10.0. The summed E-state index contributed by atoms with van der Waals surface area (Å²) in [7, 11) is 0. The zero-order chi connectivity index (χ0) is 12.0. The van der Waals surface area contributed by atoms with Gasteiger partial charge < -0.3 is 20.9 Å². The average molecular weight is 230 g/mol. The van der Waals surface area contributed by atoms with E-state index in [0.29, 0.717) is 25.7 Å². The molecule has 3 unspecified atom stereocenters. The fourth-order valence-electron chi connectivity index (χ4n) is 1.73. The Kier molecular flexibility index (Phi) is 5.73. The van der Waals surface area contributed by atoms with Crippen LogP contribution in [0.3, 0.4) is 0 Å². The van der Waals surface area contributed by atoms with Gasteiger partial charge in [0, 0.05) is 19.2 Å². The minimum absolute atomic E-state index is 0.0124. The van der Waals surface area contributed by atoms with Crippen molar-refractivity contribution in [3.05, 3.63) is 0 Å². The van der Waals surface area contributed by atoms with Crippen LogP contribution in [0.5, 0.6) is 0 Å². The van der Waals surface area contributed by atoms with E-state index in [4.69, 9.17) is 15.6 Å². The Bertz CT molecular complexity index is 223. The van der Waals surface area contributed by atoms with Crippen molar-refractivity contribution in [2.24, 2.45) is 17.6 Å². The molecule has 0 saturated carbocycles. The molecule has 1 aliphatic rings. The number of amides is 1. The van der Waals surface area contributed by atoms with E-state index in [0.717, 1.165) is 12.8 Å². The lowest BCUT2D eigenvalue weighted by Crippen LogP contribution is -2.41. The Balaban J connectivity index is 2.10. The zero-order valence-electron chi connectivity index (χ0n) is 9.82. The monoisotopic (exact) mass is 230 g/mol. The molecule has 1 aliphatic heterocycles. The van der Waals surface area contributed by atoms with Crippen LogP contribution in [0.4, 0.5) is 0 Å². The fraction of sp³-hybridized carbons (Fsp3) is 0.909. The number of rotatable bonds is 6. The van der Waals surface area contributed by atoms with Crippen LogP contribution in [0.25, 0.3) is 0 Å². The van der Waals surface area contributed by atoms with Crippen LogP contribution in [0.2, 0.25) is 0 Å². The molecule has 5 nitrogen and oxygen atoms in total. The van der Waals surface area contributed by atoms with Crippen molar-refractivity contribution >= 4 is 5.91 Å². The summed E-state index contributed by atoms with van der Waals surface area (Å²) in [6.07, 6.45) is 1.81. The van der Waals surface area contributed by atoms with Crippen molar-refractivity contribution in [3.63, 3.8) is 0 Å². The standard InChI is InChI=1S/C11H22N2O3/c1-8(5-14)3-2-4-13-11(15)9-6-16-7-10(9)12/h8-10,14H,2-7,12H2,1H3,(H,13,15). The number of ether oxygens (including phenoxy) is 1. The summed E-state index contributed by atoms with van der Waals surface area (Å²) in [4.78, 5) is 11.6. The highest BCUT2D eigenvalue weighted by molar-refractivity contribution is 5.79. The third-order valence-corrected chi connectivity index (χ3v) is 2.95. The SMILES string of the molecule is CC(CO)CCCNC(=O)C1COCC1N. The van der Waals surface area contributed by atoms with Crippen molar-refractivity contribution in [1.82, 2.24) is 5.32 Å². The third-order valence-electron chi connectivity index (χ3n) is 2.95. The van der Waals surface area contributed by atoms with Gasteiger partial charge >= 0.3 is 0 Å². The number of carbonyl (C=O) groups excluding carboxylic acids is 1. The van der Waals surface area contributed by atoms with E-state index in [1.165, 1.54) is 0 Å². The highest BCUT2D eigenvalue weighted by atomic mass is 16.5. The van der Waals surface area contributed by atoms with E-state index in [1.54, 1.807) is 0 Å². The lowest BCUT2D eigenvalue weighted by molar-refractivity contribution is -0.125. The third kappa shape index (κ3) is 4.08. The molecular weight excluding hydrogens is 208 g/mol. The smallest absolute Gasteiger partial charge is 0.227 e. The van der Waals surface area contributed by atoms with E-state index >= 15 is 0 Å². The van der Waals surface area contributed by atoms with Crippen LogP contribution in [0, 0.1) is 11.8 Å². The van der Waals surface area contributed by atoms with Gasteiger partial charge in [-0.1, -0.05) is 6.92 Å². The summed E-state index contributed by atoms with van der Waals surface area (Å²) in [6.45, 7) is 3.74. The second-order valence-corrected chi connectivity index (χ2v) is 4.53. The first-order chi connectivity index (χ1) is 7.65. The van der Waals surface area contributed by atoms with Gasteiger partial charge in [-0.3, -0.25) is 4.79 Å². The van der Waals surface area contributed by atoms with Crippen LogP contribution in [-0.4, -0.2) is 43.4 Å². The molecule has 3 atom stereocenters. The van der Waals surface area contributed by atoms with Gasteiger partial charge in [0.05, 0.1) is 19.1 Å². The van der Waals surface area contributed by atoms with Crippen LogP contribution >= 0.6 is 0 Å². The molecule has 16 heavy (non-hydrogen) atoms. The summed E-state index contributed by atoms with van der Waals surface area (Å²) in [6, 6.07) is -0.170. The molecule has 0 aromatic heterocycles. The predicted octanol–water partition coefficient (Wildman–Crippen LogP) is -0.515. The number of nitrogens with two attached hydrogens (primary N) is 1. The summed E-state index contributed by atoms with van der Waals surface area (Å²) in [5, 5.41) is 11.7. The van der Waals surface area contributed by atoms with Crippen molar-refractivity contribution in [2.75, 3.05) is 26.4 Å². The van der Waals surface area contributed by atoms with Crippen LogP contribution in [0.15, 0.2) is 0 Å². The quantitative estimate of drug-likeness (QED) is 0.536. The van der Waals surface area contributed by atoms with Crippen molar-refractivity contribution in [3.8, 4) is 0 Å². The number of nitrogens with one attached hydrogen (secondary N) is 1. The lowest BCUT2D eigenvalue weighted by Gasteiger charge is -2.13. The molecule has 0 radical (unpaired) electrons. The average Bonchev–Trinajstić information content (AvgIpc) is 2.70. The Hall–Kier alpha value is -0.650. The first-order valence-electron chi connectivity index (χ1n) is 5.87. The minimum Gasteiger partial charge on any atom is -0.396 e. The second-order valence-electron chi connectivity index (χ2n) is 4.53. The molecule has 1 amide bonds. The topological polar surface area (TPSA) is 84.6 Å². The van der Waals surface area contributed by atoms with E-state index < -0.39 is 0 Å². The maximum atomic E-state index is 11.6. The molecule has 0 aliphatic carbocycles. The Labute approximate surface area is 96.3 Å². The maximum Gasteiger partial charge on any atom is 0.227 e. The molecule has 94 valence electrons. The number of aliphatic hydroxyl groups excluding tert-OH is 1. The Morgan fingerprint density at radius 2 is 2.38 bits per heavy atom. The molecule has 1 rings (SSSR count). The Morgan fingerprint density at radius 3 is 2.94 bits per heavy atom. The van der Waals surface area contributed by atoms with E-state index in [9.17, 15) is 4.79 Å². The normalized spacial score (nSPS) is 26.7. The summed E-state index contributed by atoms with van der Waals surface area (Å²) < 4.78 is 5.13. The highest BCUT2D eigenvalue weighted by Gasteiger charge is 2.30. The largest absolute Gasteiger partial charge is 0.396 e. The van der Waals surface area contributed by atoms with E-state index in [2.05, 4.69) is 5.32 Å². The van der Waals surface area contributed by atoms with Gasteiger partial charge in [0.25, 0.3) is 0 Å². The van der Waals surface area contributed by atoms with Gasteiger partial charge in [-0.15, -0.1) is 0 Å². The first-order valence-corrected chi connectivity index (χ1v) is 5.87. The van der Waals surface area contributed by atoms with E-state index in [-0.39, 0.29) is 24.5 Å². The molecule has 0 aromatic carbocycles. The van der Waals surface area contributed by atoms with Crippen LogP contribution in [0.1, 0.15) is 19.8 Å². The van der Waals surface area contributed by atoms with Gasteiger partial charge in [0.1, 0.15) is 0 Å². The van der Waals surface area contributed by atoms with E-state index in [1.807, 2.05) is 6.92 Å². The number of hydrogen-bond acceptors (Lipinski definition) is 4. The van der Waals surface area contributed by atoms with Crippen molar-refractivity contribution in [1.29, 1.82) is 0 Å². The molecule has 0 bridgehead atoms. The van der Waals surface area contributed by atoms with Gasteiger partial charge in [-0.05, 0) is 18.8 Å². The zero-order valence-corrected chi connectivity index (χ0v) is 9.82. The first kappa shape index (κ1) is 13.4. The van der Waals surface area contributed by atoms with Gasteiger partial charge in [-0.25, -0.2) is 0 Å². The molecule has 1 heterocycles. The minimum atomic E-state index is -0.199. The molecule has 1 saturated heterocycles. The summed E-state index contributed by atoms with van der Waals surface area (Å²) in [5.74, 6) is 0.0888. The maximum absolute atomic E-state index is 11.6. The van der Waals surface area contributed by atoms with Crippen LogP contribution < -0.4 is 11.1 Å². The highest BCUT2D eigenvalue weighted by Crippen LogP contribution is 2.11. The molecule has 5 heteroatoms. The van der Waals surface area contributed by atoms with Crippen LogP contribution in [-0.2, 0) is 9.53 Å². The molecule has 4 N–H and O–H groups in total. The summed E-state index contributed by atoms with van der Waals surface area (Å²) >= 11 is 0. The van der Waals surface area contributed by atoms with Gasteiger partial charge in [0.15, 0.2) is 0 Å². The number of carbonyl (C=O) groups is 1. The van der Waals surface area contributed by atoms with Crippen molar-refractivity contribution < 1.29 is 14.6 Å². The number of aliphatic hydroxyl groups is 1. The molecule has 0 spiro atoms. The summed E-state index contributed by atoms with van der Waals surface area (Å²) in [5.41, 5.74) is 5.73. The molecular formula is C11H22N2O3. The predicted molar refractivity (Wildman–Crippen MR) is 60.8 cm³/mol. The number of hydrogen-bond donors (Lipinski definition) is 3. The fourth-order valence-corrected chi connectivity index (χ4v) is 1.73. The Morgan fingerprint density at radius 1 is 1.62 bits per heavy atom. The molecule has 0 aromatic rings. The van der Waals surface area contributed by atoms with Crippen molar-refractivity contribution in [2.45, 2.75) is 25.8 Å². The second kappa shape index (κ2) is 6.83. The van der Waals surface area contributed by atoms with Gasteiger partial charge in [0.2, 0.25) is 5.91 Å². The molecule has 1 fully saturated rings.